The minimum absolute atomic E-state index is 0.108. The molecule has 1 aromatic rings. The Morgan fingerprint density at radius 1 is 1.27 bits per heavy atom. The van der Waals surface area contributed by atoms with Gasteiger partial charge in [0.1, 0.15) is 5.75 Å². The van der Waals surface area contributed by atoms with Gasteiger partial charge in [0.2, 0.25) is 0 Å². The van der Waals surface area contributed by atoms with Crippen LogP contribution in [0.5, 0.6) is 5.75 Å². The van der Waals surface area contributed by atoms with E-state index in [1.807, 2.05) is 0 Å². The van der Waals surface area contributed by atoms with Gasteiger partial charge in [-0.25, -0.2) is 0 Å². The van der Waals surface area contributed by atoms with Gasteiger partial charge in [0.05, 0.1) is 26.3 Å². The molecule has 0 atom stereocenters. The summed E-state index contributed by atoms with van der Waals surface area (Å²) < 4.78 is 9.53. The second kappa shape index (κ2) is 4.54. The Labute approximate surface area is 88.0 Å². The molecule has 0 amide bonds. The van der Waals surface area contributed by atoms with E-state index >= 15 is 0 Å². The molecule has 0 bridgehead atoms. The SMILES string of the molecule is COC(=O)Cc1cc(N)c(OC)cc1N. The number of carbonyl (C=O) groups is 1. The van der Waals surface area contributed by atoms with Crippen molar-refractivity contribution >= 4 is 17.3 Å². The van der Waals surface area contributed by atoms with E-state index in [-0.39, 0.29) is 12.4 Å². The number of ether oxygens (including phenoxy) is 2. The molecule has 1 rings (SSSR count). The predicted molar refractivity (Wildman–Crippen MR) is 57.5 cm³/mol. The molecule has 0 aliphatic rings. The summed E-state index contributed by atoms with van der Waals surface area (Å²) in [4.78, 5) is 11.0. The largest absolute Gasteiger partial charge is 0.495 e. The van der Waals surface area contributed by atoms with Crippen LogP contribution in [0.25, 0.3) is 0 Å². The second-order valence-electron chi connectivity index (χ2n) is 3.05. The maximum atomic E-state index is 11.0. The molecule has 0 aromatic heterocycles. The lowest BCUT2D eigenvalue weighted by molar-refractivity contribution is -0.139. The van der Waals surface area contributed by atoms with Gasteiger partial charge in [0.25, 0.3) is 0 Å². The van der Waals surface area contributed by atoms with E-state index in [2.05, 4.69) is 4.74 Å². The van der Waals surface area contributed by atoms with Gasteiger partial charge in [0, 0.05) is 11.8 Å². The highest BCUT2D eigenvalue weighted by Crippen LogP contribution is 2.27. The van der Waals surface area contributed by atoms with Crippen LogP contribution in [0.4, 0.5) is 11.4 Å². The zero-order chi connectivity index (χ0) is 11.4. The normalized spacial score (nSPS) is 9.73. The van der Waals surface area contributed by atoms with Crippen LogP contribution in [-0.2, 0) is 16.0 Å². The standard InChI is InChI=1S/C10H14N2O3/c1-14-9-5-7(11)6(3-8(9)12)4-10(13)15-2/h3,5H,4,11-12H2,1-2H3. The van der Waals surface area contributed by atoms with Crippen molar-refractivity contribution in [2.24, 2.45) is 0 Å². The van der Waals surface area contributed by atoms with Gasteiger partial charge in [-0.15, -0.1) is 0 Å². The molecule has 82 valence electrons. The lowest BCUT2D eigenvalue weighted by atomic mass is 10.1. The van der Waals surface area contributed by atoms with Crippen molar-refractivity contribution in [1.82, 2.24) is 0 Å². The number of hydrogen-bond donors (Lipinski definition) is 2. The van der Waals surface area contributed by atoms with Crippen LogP contribution in [0.15, 0.2) is 12.1 Å². The summed E-state index contributed by atoms with van der Waals surface area (Å²) >= 11 is 0. The van der Waals surface area contributed by atoms with E-state index in [1.54, 1.807) is 12.1 Å². The topological polar surface area (TPSA) is 87.6 Å². The van der Waals surface area contributed by atoms with Crippen LogP contribution >= 0.6 is 0 Å². The van der Waals surface area contributed by atoms with E-state index < -0.39 is 0 Å². The van der Waals surface area contributed by atoms with Crippen molar-refractivity contribution in [3.63, 3.8) is 0 Å². The van der Waals surface area contributed by atoms with Gasteiger partial charge in [-0.1, -0.05) is 0 Å². The van der Waals surface area contributed by atoms with Gasteiger partial charge in [-0.3, -0.25) is 4.79 Å². The first-order valence-corrected chi connectivity index (χ1v) is 4.37. The van der Waals surface area contributed by atoms with Crippen LogP contribution in [0.2, 0.25) is 0 Å². The van der Waals surface area contributed by atoms with Crippen molar-refractivity contribution in [3.05, 3.63) is 17.7 Å². The average molecular weight is 210 g/mol. The third-order valence-electron chi connectivity index (χ3n) is 2.05. The van der Waals surface area contributed by atoms with Crippen molar-refractivity contribution in [1.29, 1.82) is 0 Å². The van der Waals surface area contributed by atoms with E-state index in [0.717, 1.165) is 0 Å². The first-order valence-electron chi connectivity index (χ1n) is 4.37. The minimum Gasteiger partial charge on any atom is -0.495 e. The molecule has 0 saturated carbocycles. The second-order valence-corrected chi connectivity index (χ2v) is 3.05. The fourth-order valence-electron chi connectivity index (χ4n) is 1.22. The van der Waals surface area contributed by atoms with Crippen LogP contribution in [0, 0.1) is 0 Å². The molecule has 5 nitrogen and oxygen atoms in total. The van der Waals surface area contributed by atoms with Crippen LogP contribution < -0.4 is 16.2 Å². The van der Waals surface area contributed by atoms with Crippen LogP contribution in [0.3, 0.4) is 0 Å². The summed E-state index contributed by atoms with van der Waals surface area (Å²) in [5.74, 6) is 0.146. The molecule has 0 spiro atoms. The number of benzene rings is 1. The minimum atomic E-state index is -0.355. The maximum absolute atomic E-state index is 11.0. The van der Waals surface area contributed by atoms with Crippen molar-refractivity contribution in [2.75, 3.05) is 25.7 Å². The summed E-state index contributed by atoms with van der Waals surface area (Å²) in [6, 6.07) is 3.21. The molecule has 0 aliphatic carbocycles. The molecule has 0 unspecified atom stereocenters. The zero-order valence-electron chi connectivity index (χ0n) is 8.74. The first-order chi connectivity index (χ1) is 7.08. The van der Waals surface area contributed by atoms with E-state index in [9.17, 15) is 4.79 Å². The summed E-state index contributed by atoms with van der Waals surface area (Å²) in [5, 5.41) is 0. The highest BCUT2D eigenvalue weighted by Gasteiger charge is 2.10. The lowest BCUT2D eigenvalue weighted by Gasteiger charge is -2.09. The quantitative estimate of drug-likeness (QED) is 0.562. The van der Waals surface area contributed by atoms with Crippen molar-refractivity contribution in [3.8, 4) is 5.75 Å². The predicted octanol–water partition coefficient (Wildman–Crippen LogP) is 0.575. The van der Waals surface area contributed by atoms with Gasteiger partial charge in [0.15, 0.2) is 0 Å². The molecule has 5 heteroatoms. The van der Waals surface area contributed by atoms with Gasteiger partial charge in [-0.05, 0) is 11.6 Å². The smallest absolute Gasteiger partial charge is 0.310 e. The summed E-state index contributed by atoms with van der Waals surface area (Å²) in [6.07, 6.45) is 0.108. The highest BCUT2D eigenvalue weighted by molar-refractivity contribution is 5.76. The van der Waals surface area contributed by atoms with E-state index in [1.165, 1.54) is 14.2 Å². The molecular weight excluding hydrogens is 196 g/mol. The molecule has 0 aliphatic heterocycles. The summed E-state index contributed by atoms with van der Waals surface area (Å²) in [6.45, 7) is 0. The summed E-state index contributed by atoms with van der Waals surface area (Å²) in [5.41, 5.74) is 13.0. The van der Waals surface area contributed by atoms with Crippen LogP contribution in [0.1, 0.15) is 5.56 Å². The Balaban J connectivity index is 3.00. The molecule has 1 aromatic carbocycles. The Morgan fingerprint density at radius 3 is 2.47 bits per heavy atom. The van der Waals surface area contributed by atoms with Crippen molar-refractivity contribution < 1.29 is 14.3 Å². The maximum Gasteiger partial charge on any atom is 0.310 e. The molecule has 0 fully saturated rings. The van der Waals surface area contributed by atoms with Crippen LogP contribution in [-0.4, -0.2) is 20.2 Å². The average Bonchev–Trinajstić information content (AvgIpc) is 2.22. The Hall–Kier alpha value is -1.91. The number of nitrogens with two attached hydrogens (primary N) is 2. The molecule has 15 heavy (non-hydrogen) atoms. The zero-order valence-corrected chi connectivity index (χ0v) is 8.74. The molecule has 0 saturated heterocycles. The third-order valence-corrected chi connectivity index (χ3v) is 2.05. The van der Waals surface area contributed by atoms with Gasteiger partial charge >= 0.3 is 5.97 Å². The number of hydrogen-bond acceptors (Lipinski definition) is 5. The Morgan fingerprint density at radius 2 is 1.93 bits per heavy atom. The molecule has 0 radical (unpaired) electrons. The van der Waals surface area contributed by atoms with E-state index in [0.29, 0.717) is 22.7 Å². The highest BCUT2D eigenvalue weighted by atomic mass is 16.5. The Bertz CT molecular complexity index is 377. The lowest BCUT2D eigenvalue weighted by Crippen LogP contribution is -2.08. The number of esters is 1. The number of carbonyl (C=O) groups excluding carboxylic acids is 1. The molecular formula is C10H14N2O3. The fraction of sp³-hybridized carbons (Fsp3) is 0.300. The Kier molecular flexibility index (Phi) is 3.38. The molecule has 0 heterocycles. The summed E-state index contributed by atoms with van der Waals surface area (Å²) in [7, 11) is 2.83. The number of anilines is 2. The van der Waals surface area contributed by atoms with Gasteiger partial charge < -0.3 is 20.9 Å². The molecule has 4 N–H and O–H groups in total. The first kappa shape index (κ1) is 11.2. The number of rotatable bonds is 3. The number of methoxy groups -OCH3 is 2. The van der Waals surface area contributed by atoms with Crippen molar-refractivity contribution in [2.45, 2.75) is 6.42 Å². The fourth-order valence-corrected chi connectivity index (χ4v) is 1.22. The number of nitrogen functional groups attached to an aromatic ring is 2. The van der Waals surface area contributed by atoms with E-state index in [4.69, 9.17) is 16.2 Å². The third kappa shape index (κ3) is 2.52. The monoisotopic (exact) mass is 210 g/mol. The van der Waals surface area contributed by atoms with Gasteiger partial charge in [-0.2, -0.15) is 0 Å².